The number of nitrogens with zero attached hydrogens (tertiary/aromatic N) is 1. The van der Waals surface area contributed by atoms with E-state index < -0.39 is 12.6 Å². The van der Waals surface area contributed by atoms with Crippen molar-refractivity contribution < 1.29 is 23.5 Å². The van der Waals surface area contributed by atoms with Gasteiger partial charge in [0, 0.05) is 17.7 Å². The van der Waals surface area contributed by atoms with E-state index in [9.17, 15) is 14.4 Å². The summed E-state index contributed by atoms with van der Waals surface area (Å²) in [5.74, 6) is -0.381. The number of fused-ring (bicyclic) bond motifs is 1. The number of benzene rings is 1. The molecule has 2 aromatic heterocycles. The molecule has 3 heterocycles. The highest BCUT2D eigenvalue weighted by molar-refractivity contribution is 7.13. The summed E-state index contributed by atoms with van der Waals surface area (Å²) < 4.78 is 10.7. The van der Waals surface area contributed by atoms with Crippen LogP contribution < -0.4 is 5.32 Å². The van der Waals surface area contributed by atoms with Crippen molar-refractivity contribution >= 4 is 34.7 Å². The summed E-state index contributed by atoms with van der Waals surface area (Å²) in [5.41, 5.74) is 2.09. The Morgan fingerprint density at radius 3 is 2.93 bits per heavy atom. The number of rotatable bonds is 5. The molecule has 0 saturated heterocycles. The van der Waals surface area contributed by atoms with E-state index in [1.54, 1.807) is 25.1 Å². The van der Waals surface area contributed by atoms with E-state index in [1.807, 2.05) is 17.5 Å². The van der Waals surface area contributed by atoms with E-state index in [-0.39, 0.29) is 17.4 Å². The molecule has 0 unspecified atom stereocenters. The van der Waals surface area contributed by atoms with Gasteiger partial charge in [-0.05, 0) is 48.6 Å². The van der Waals surface area contributed by atoms with Gasteiger partial charge in [-0.1, -0.05) is 6.07 Å². The lowest BCUT2D eigenvalue weighted by molar-refractivity contribution is -0.116. The highest BCUT2D eigenvalue weighted by Crippen LogP contribution is 2.26. The Hall–Kier alpha value is -3.26. The number of ether oxygens (including phenoxy) is 1. The van der Waals surface area contributed by atoms with Gasteiger partial charge in [-0.3, -0.25) is 9.59 Å². The molecule has 3 aromatic rings. The van der Waals surface area contributed by atoms with Crippen LogP contribution in [-0.2, 0) is 16.0 Å². The number of esters is 1. The van der Waals surface area contributed by atoms with Crippen LogP contribution in [0.15, 0.2) is 40.1 Å². The smallest absolute Gasteiger partial charge is 0.361 e. The third kappa shape index (κ3) is 3.59. The fourth-order valence-corrected chi connectivity index (χ4v) is 3.58. The molecule has 1 aliphatic rings. The summed E-state index contributed by atoms with van der Waals surface area (Å²) in [4.78, 5) is 41.1. The summed E-state index contributed by atoms with van der Waals surface area (Å²) in [6, 6.07) is 8.72. The van der Waals surface area contributed by atoms with Crippen LogP contribution in [0.1, 0.15) is 38.6 Å². The second kappa shape index (κ2) is 7.40. The van der Waals surface area contributed by atoms with Gasteiger partial charge in [0.2, 0.25) is 11.8 Å². The van der Waals surface area contributed by atoms with Gasteiger partial charge in [-0.25, -0.2) is 9.78 Å². The molecule has 1 aromatic carbocycles. The van der Waals surface area contributed by atoms with E-state index in [0.717, 1.165) is 10.4 Å². The van der Waals surface area contributed by atoms with Gasteiger partial charge in [-0.15, -0.1) is 11.3 Å². The number of carbonyl (C=O) groups is 3. The summed E-state index contributed by atoms with van der Waals surface area (Å²) in [6.45, 7) is 1.23. The molecule has 1 N–H and O–H groups in total. The van der Waals surface area contributed by atoms with E-state index in [2.05, 4.69) is 10.3 Å². The monoisotopic (exact) mass is 396 g/mol. The normalized spacial score (nSPS) is 13.0. The molecule has 0 bridgehead atoms. The summed E-state index contributed by atoms with van der Waals surface area (Å²) >= 11 is 1.45. The maximum atomic E-state index is 12.4. The molecule has 0 aliphatic carbocycles. The van der Waals surface area contributed by atoms with Crippen LogP contribution >= 0.6 is 11.3 Å². The largest absolute Gasteiger partial charge is 0.452 e. The zero-order valence-electron chi connectivity index (χ0n) is 15.0. The molecule has 0 atom stereocenters. The van der Waals surface area contributed by atoms with Gasteiger partial charge in [-0.2, -0.15) is 0 Å². The van der Waals surface area contributed by atoms with Crippen LogP contribution in [0.3, 0.4) is 0 Å². The zero-order chi connectivity index (χ0) is 19.7. The van der Waals surface area contributed by atoms with E-state index >= 15 is 0 Å². The van der Waals surface area contributed by atoms with E-state index in [4.69, 9.17) is 9.15 Å². The molecule has 8 heteroatoms. The van der Waals surface area contributed by atoms with Crippen molar-refractivity contribution in [2.45, 2.75) is 19.8 Å². The maximum absolute atomic E-state index is 12.4. The zero-order valence-corrected chi connectivity index (χ0v) is 15.8. The average Bonchev–Trinajstić information content (AvgIpc) is 3.35. The second-order valence-corrected chi connectivity index (χ2v) is 7.27. The first-order chi connectivity index (χ1) is 13.5. The lowest BCUT2D eigenvalue weighted by Gasteiger charge is -2.17. The molecule has 0 spiro atoms. The number of aromatic nitrogens is 1. The van der Waals surface area contributed by atoms with Crippen molar-refractivity contribution in [3.05, 3.63) is 58.3 Å². The van der Waals surface area contributed by atoms with E-state index in [0.29, 0.717) is 35.7 Å². The van der Waals surface area contributed by atoms with Gasteiger partial charge in [0.1, 0.15) is 5.76 Å². The Morgan fingerprint density at radius 1 is 1.29 bits per heavy atom. The van der Waals surface area contributed by atoms with Crippen LogP contribution in [0, 0.1) is 6.92 Å². The molecule has 1 amide bonds. The Kier molecular flexibility index (Phi) is 4.79. The highest BCUT2D eigenvalue weighted by Gasteiger charge is 2.22. The number of hydrogen-bond acceptors (Lipinski definition) is 7. The quantitative estimate of drug-likeness (QED) is 0.522. The lowest BCUT2D eigenvalue weighted by Crippen LogP contribution is -2.20. The standard InChI is InChI=1S/C20H16N2O5S/c1-11-18(22-19(27-11)16-3-2-8-28-16)20(25)26-10-15(23)13-4-6-14-12(9-13)5-7-17(24)21-14/h2-4,6,8-9H,5,7,10H2,1H3,(H,21,24). The molecule has 4 rings (SSSR count). The Balaban J connectivity index is 1.42. The first kappa shape index (κ1) is 18.1. The van der Waals surface area contributed by atoms with Crippen molar-refractivity contribution in [1.82, 2.24) is 4.98 Å². The number of ketones is 1. The maximum Gasteiger partial charge on any atom is 0.361 e. The summed E-state index contributed by atoms with van der Waals surface area (Å²) in [5, 5.41) is 4.65. The van der Waals surface area contributed by atoms with Gasteiger partial charge >= 0.3 is 5.97 Å². The van der Waals surface area contributed by atoms with Gasteiger partial charge in [0.15, 0.2) is 18.1 Å². The molecule has 0 radical (unpaired) electrons. The van der Waals surface area contributed by atoms with Crippen LogP contribution in [0.25, 0.3) is 10.8 Å². The Labute approximate surface area is 164 Å². The molecule has 0 fully saturated rings. The number of aryl methyl sites for hydroxylation is 2. The number of thiophene rings is 1. The average molecular weight is 396 g/mol. The van der Waals surface area contributed by atoms with Crippen molar-refractivity contribution in [1.29, 1.82) is 0 Å². The second-order valence-electron chi connectivity index (χ2n) is 6.32. The lowest BCUT2D eigenvalue weighted by atomic mass is 9.99. The Morgan fingerprint density at radius 2 is 2.14 bits per heavy atom. The van der Waals surface area contributed by atoms with Crippen molar-refractivity contribution in [3.8, 4) is 10.8 Å². The first-order valence-corrected chi connectivity index (χ1v) is 9.53. The molecular weight excluding hydrogens is 380 g/mol. The summed E-state index contributed by atoms with van der Waals surface area (Å²) in [7, 11) is 0. The molecular formula is C20H16N2O5S. The minimum Gasteiger partial charge on any atom is -0.452 e. The van der Waals surface area contributed by atoms with Gasteiger partial charge in [0.25, 0.3) is 0 Å². The molecule has 1 aliphatic heterocycles. The van der Waals surface area contributed by atoms with E-state index in [1.165, 1.54) is 11.3 Å². The van der Waals surface area contributed by atoms with Crippen LogP contribution in [0.2, 0.25) is 0 Å². The number of amides is 1. The molecule has 0 saturated carbocycles. The predicted octanol–water partition coefficient (Wildman–Crippen LogP) is 3.64. The topological polar surface area (TPSA) is 98.5 Å². The number of carbonyl (C=O) groups excluding carboxylic acids is 3. The minimum absolute atomic E-state index is 0.0367. The first-order valence-electron chi connectivity index (χ1n) is 8.65. The molecule has 142 valence electrons. The number of hydrogen-bond donors (Lipinski definition) is 1. The minimum atomic E-state index is -0.706. The fourth-order valence-electron chi connectivity index (χ4n) is 2.93. The van der Waals surface area contributed by atoms with Crippen molar-refractivity contribution in [2.75, 3.05) is 11.9 Å². The van der Waals surface area contributed by atoms with Gasteiger partial charge in [0.05, 0.1) is 4.88 Å². The summed E-state index contributed by atoms with van der Waals surface area (Å²) in [6.07, 6.45) is 0.962. The van der Waals surface area contributed by atoms with Crippen molar-refractivity contribution in [3.63, 3.8) is 0 Å². The third-order valence-electron chi connectivity index (χ3n) is 4.38. The Bertz CT molecular complexity index is 1070. The SMILES string of the molecule is Cc1oc(-c2cccs2)nc1C(=O)OCC(=O)c1ccc2c(c1)CCC(=O)N2. The number of nitrogens with one attached hydrogen (secondary N) is 1. The number of Topliss-reactive ketones (excluding diaryl/α,β-unsaturated/α-hetero) is 1. The third-order valence-corrected chi connectivity index (χ3v) is 5.24. The van der Waals surface area contributed by atoms with Crippen LogP contribution in [0.5, 0.6) is 0 Å². The van der Waals surface area contributed by atoms with Crippen molar-refractivity contribution in [2.24, 2.45) is 0 Å². The molecule has 28 heavy (non-hydrogen) atoms. The fraction of sp³-hybridized carbons (Fsp3) is 0.200. The number of oxazole rings is 1. The van der Waals surface area contributed by atoms with Crippen LogP contribution in [-0.4, -0.2) is 29.3 Å². The predicted molar refractivity (Wildman–Crippen MR) is 103 cm³/mol. The highest BCUT2D eigenvalue weighted by atomic mass is 32.1. The molecule has 7 nitrogen and oxygen atoms in total. The van der Waals surface area contributed by atoms with Crippen LogP contribution in [0.4, 0.5) is 5.69 Å². The van der Waals surface area contributed by atoms with Gasteiger partial charge < -0.3 is 14.5 Å². The number of anilines is 1.